The van der Waals surface area contributed by atoms with Crippen LogP contribution in [0.3, 0.4) is 0 Å². The molecule has 21 heavy (non-hydrogen) atoms. The summed E-state index contributed by atoms with van der Waals surface area (Å²) in [6.07, 6.45) is 0. The third-order valence-corrected chi connectivity index (χ3v) is 4.02. The number of halogens is 1. The summed E-state index contributed by atoms with van der Waals surface area (Å²) in [6, 6.07) is 6.06. The second-order valence-electron chi connectivity index (χ2n) is 4.43. The molecule has 0 unspecified atom stereocenters. The standard InChI is InChI=1S/C15H15FN2O2S/c1-9-8-21-14(15(19)20-3)13(9)18-17-10(2)11-4-6-12(16)7-5-11/h4-8,18H,1-3H3. The van der Waals surface area contributed by atoms with E-state index >= 15 is 0 Å². The van der Waals surface area contributed by atoms with Gasteiger partial charge in [0.25, 0.3) is 0 Å². The van der Waals surface area contributed by atoms with Crippen molar-refractivity contribution in [2.24, 2.45) is 5.10 Å². The van der Waals surface area contributed by atoms with Crippen LogP contribution in [0.1, 0.15) is 27.7 Å². The Bertz CT molecular complexity index is 677. The first kappa shape index (κ1) is 15.2. The van der Waals surface area contributed by atoms with E-state index < -0.39 is 5.97 Å². The van der Waals surface area contributed by atoms with Crippen LogP contribution in [0.5, 0.6) is 0 Å². The zero-order chi connectivity index (χ0) is 15.4. The van der Waals surface area contributed by atoms with Crippen LogP contribution in [0.25, 0.3) is 0 Å². The van der Waals surface area contributed by atoms with E-state index in [9.17, 15) is 9.18 Å². The fourth-order valence-corrected chi connectivity index (χ4v) is 2.64. The topological polar surface area (TPSA) is 50.7 Å². The molecule has 110 valence electrons. The van der Waals surface area contributed by atoms with Gasteiger partial charge in [-0.25, -0.2) is 9.18 Å². The van der Waals surface area contributed by atoms with Gasteiger partial charge in [-0.3, -0.25) is 5.43 Å². The minimum absolute atomic E-state index is 0.291. The molecule has 1 aromatic heterocycles. The second kappa shape index (κ2) is 6.49. The van der Waals surface area contributed by atoms with Gasteiger partial charge in [-0.2, -0.15) is 5.10 Å². The van der Waals surface area contributed by atoms with Gasteiger partial charge in [0.1, 0.15) is 10.7 Å². The molecule has 0 saturated carbocycles. The number of benzene rings is 1. The molecule has 2 rings (SSSR count). The number of carbonyl (C=O) groups excluding carboxylic acids is 1. The first-order valence-electron chi connectivity index (χ1n) is 6.25. The number of hydrazone groups is 1. The van der Waals surface area contributed by atoms with E-state index in [-0.39, 0.29) is 5.82 Å². The summed E-state index contributed by atoms with van der Waals surface area (Å²) in [7, 11) is 1.34. The van der Waals surface area contributed by atoms with Crippen molar-refractivity contribution in [3.05, 3.63) is 51.5 Å². The Balaban J connectivity index is 2.22. The van der Waals surface area contributed by atoms with Crippen molar-refractivity contribution >= 4 is 28.7 Å². The van der Waals surface area contributed by atoms with Crippen molar-refractivity contribution in [3.8, 4) is 0 Å². The summed E-state index contributed by atoms with van der Waals surface area (Å²) in [4.78, 5) is 12.1. The zero-order valence-corrected chi connectivity index (χ0v) is 12.8. The van der Waals surface area contributed by atoms with Gasteiger partial charge >= 0.3 is 5.97 Å². The van der Waals surface area contributed by atoms with Crippen LogP contribution >= 0.6 is 11.3 Å². The molecule has 0 bridgehead atoms. The van der Waals surface area contributed by atoms with Gasteiger partial charge in [-0.15, -0.1) is 11.3 Å². The molecule has 2 aromatic rings. The minimum atomic E-state index is -0.398. The zero-order valence-electron chi connectivity index (χ0n) is 11.9. The summed E-state index contributed by atoms with van der Waals surface area (Å²) in [5, 5.41) is 6.11. The smallest absolute Gasteiger partial charge is 0.350 e. The molecule has 0 aliphatic carbocycles. The maximum Gasteiger partial charge on any atom is 0.350 e. The molecule has 1 aromatic carbocycles. The lowest BCUT2D eigenvalue weighted by Crippen LogP contribution is -2.05. The quantitative estimate of drug-likeness (QED) is 0.531. The summed E-state index contributed by atoms with van der Waals surface area (Å²) in [5.41, 5.74) is 5.93. The molecular formula is C15H15FN2O2S. The summed E-state index contributed by atoms with van der Waals surface area (Å²) in [6.45, 7) is 3.69. The Labute approximate surface area is 126 Å². The Kier molecular flexibility index (Phi) is 4.70. The number of ether oxygens (including phenoxy) is 1. The molecule has 0 atom stereocenters. The highest BCUT2D eigenvalue weighted by Crippen LogP contribution is 2.28. The summed E-state index contributed by atoms with van der Waals surface area (Å²) < 4.78 is 17.6. The van der Waals surface area contributed by atoms with Gasteiger partial charge < -0.3 is 4.74 Å². The van der Waals surface area contributed by atoms with Crippen molar-refractivity contribution in [2.45, 2.75) is 13.8 Å². The number of anilines is 1. The van der Waals surface area contributed by atoms with Gasteiger partial charge in [0.15, 0.2) is 0 Å². The Morgan fingerprint density at radius 3 is 2.62 bits per heavy atom. The van der Waals surface area contributed by atoms with Gasteiger partial charge in [0.2, 0.25) is 0 Å². The van der Waals surface area contributed by atoms with E-state index in [0.29, 0.717) is 16.3 Å². The average molecular weight is 306 g/mol. The first-order valence-corrected chi connectivity index (χ1v) is 7.13. The number of hydrogen-bond acceptors (Lipinski definition) is 5. The molecular weight excluding hydrogens is 291 g/mol. The molecule has 0 amide bonds. The molecule has 4 nitrogen and oxygen atoms in total. The maximum atomic E-state index is 12.9. The summed E-state index contributed by atoms with van der Waals surface area (Å²) >= 11 is 1.30. The lowest BCUT2D eigenvalue weighted by atomic mass is 10.1. The fourth-order valence-electron chi connectivity index (χ4n) is 1.72. The average Bonchev–Trinajstić information content (AvgIpc) is 2.85. The second-order valence-corrected chi connectivity index (χ2v) is 5.31. The van der Waals surface area contributed by atoms with E-state index in [1.165, 1.54) is 30.6 Å². The minimum Gasteiger partial charge on any atom is -0.465 e. The molecule has 0 radical (unpaired) electrons. The third-order valence-electron chi connectivity index (χ3n) is 2.94. The number of methoxy groups -OCH3 is 1. The SMILES string of the molecule is COC(=O)c1scc(C)c1NN=C(C)c1ccc(F)cc1. The van der Waals surface area contributed by atoms with Crippen molar-refractivity contribution in [3.63, 3.8) is 0 Å². The Morgan fingerprint density at radius 1 is 1.33 bits per heavy atom. The van der Waals surface area contributed by atoms with Crippen LogP contribution in [-0.4, -0.2) is 18.8 Å². The number of carbonyl (C=O) groups is 1. The van der Waals surface area contributed by atoms with Gasteiger partial charge in [-0.05, 0) is 42.5 Å². The predicted octanol–water partition coefficient (Wildman–Crippen LogP) is 3.82. The third kappa shape index (κ3) is 3.46. The van der Waals surface area contributed by atoms with Crippen molar-refractivity contribution < 1.29 is 13.9 Å². The predicted molar refractivity (Wildman–Crippen MR) is 82.6 cm³/mol. The fraction of sp³-hybridized carbons (Fsp3) is 0.200. The monoisotopic (exact) mass is 306 g/mol. The number of esters is 1. The molecule has 6 heteroatoms. The summed E-state index contributed by atoms with van der Waals surface area (Å²) in [5.74, 6) is -0.689. The van der Waals surface area contributed by atoms with E-state index in [4.69, 9.17) is 4.74 Å². The van der Waals surface area contributed by atoms with E-state index in [1.54, 1.807) is 19.1 Å². The highest BCUT2D eigenvalue weighted by molar-refractivity contribution is 7.12. The van der Waals surface area contributed by atoms with Crippen LogP contribution in [0.15, 0.2) is 34.7 Å². The lowest BCUT2D eigenvalue weighted by Gasteiger charge is -2.06. The highest BCUT2D eigenvalue weighted by atomic mass is 32.1. The first-order chi connectivity index (χ1) is 10.0. The van der Waals surface area contributed by atoms with Crippen LogP contribution in [0.4, 0.5) is 10.1 Å². The molecule has 1 heterocycles. The van der Waals surface area contributed by atoms with Gasteiger partial charge in [-0.1, -0.05) is 12.1 Å². The van der Waals surface area contributed by atoms with E-state index in [0.717, 1.165) is 11.1 Å². The van der Waals surface area contributed by atoms with Gasteiger partial charge in [0, 0.05) is 0 Å². The van der Waals surface area contributed by atoms with E-state index in [1.807, 2.05) is 12.3 Å². The Hall–Kier alpha value is -2.21. The molecule has 0 aliphatic heterocycles. The van der Waals surface area contributed by atoms with Crippen molar-refractivity contribution in [1.29, 1.82) is 0 Å². The highest BCUT2D eigenvalue weighted by Gasteiger charge is 2.16. The number of aryl methyl sites for hydroxylation is 1. The largest absolute Gasteiger partial charge is 0.465 e. The number of rotatable bonds is 4. The number of hydrogen-bond donors (Lipinski definition) is 1. The molecule has 0 spiro atoms. The molecule has 0 aliphatic rings. The number of thiophene rings is 1. The Morgan fingerprint density at radius 2 is 2.00 bits per heavy atom. The molecule has 0 saturated heterocycles. The molecule has 0 fully saturated rings. The van der Waals surface area contributed by atoms with Crippen LogP contribution in [0, 0.1) is 12.7 Å². The van der Waals surface area contributed by atoms with Crippen molar-refractivity contribution in [2.75, 3.05) is 12.5 Å². The number of nitrogens with one attached hydrogen (secondary N) is 1. The maximum absolute atomic E-state index is 12.9. The molecule has 1 N–H and O–H groups in total. The van der Waals surface area contributed by atoms with Crippen molar-refractivity contribution in [1.82, 2.24) is 0 Å². The normalized spacial score (nSPS) is 11.3. The van der Waals surface area contributed by atoms with Crippen LogP contribution in [0.2, 0.25) is 0 Å². The number of nitrogens with zero attached hydrogens (tertiary/aromatic N) is 1. The van der Waals surface area contributed by atoms with Crippen LogP contribution in [-0.2, 0) is 4.74 Å². The van der Waals surface area contributed by atoms with Gasteiger partial charge in [0.05, 0.1) is 18.5 Å². The lowest BCUT2D eigenvalue weighted by molar-refractivity contribution is 0.0607. The van der Waals surface area contributed by atoms with Crippen LogP contribution < -0.4 is 5.43 Å². The van der Waals surface area contributed by atoms with E-state index in [2.05, 4.69) is 10.5 Å².